The molecule has 0 bridgehead atoms. The van der Waals surface area contributed by atoms with Crippen LogP contribution in [0.5, 0.6) is 0 Å². The van der Waals surface area contributed by atoms with Gasteiger partial charge in [0.1, 0.15) is 0 Å². The van der Waals surface area contributed by atoms with Crippen LogP contribution in [0.2, 0.25) is 0 Å². The summed E-state index contributed by atoms with van der Waals surface area (Å²) in [5.41, 5.74) is 3.78. The zero-order valence-corrected chi connectivity index (χ0v) is 14.1. The highest BCUT2D eigenvalue weighted by atomic mass is 16.3. The minimum absolute atomic E-state index is 0.0954. The van der Waals surface area contributed by atoms with Gasteiger partial charge in [-0.1, -0.05) is 29.8 Å². The van der Waals surface area contributed by atoms with Gasteiger partial charge in [0.15, 0.2) is 0 Å². The van der Waals surface area contributed by atoms with E-state index in [-0.39, 0.29) is 18.6 Å². The van der Waals surface area contributed by atoms with Gasteiger partial charge in [0.25, 0.3) is 5.56 Å². The number of amides is 2. The van der Waals surface area contributed by atoms with Crippen LogP contribution >= 0.6 is 0 Å². The first kappa shape index (κ1) is 17.7. The van der Waals surface area contributed by atoms with Crippen molar-refractivity contribution in [2.45, 2.75) is 33.4 Å². The fraction of sp³-hybridized carbons (Fsp3) is 0.333. The summed E-state index contributed by atoms with van der Waals surface area (Å²) in [6, 6.07) is 8.90. The average Bonchev–Trinajstić information content (AvgIpc) is 2.52. The number of hydrogen-bond donors (Lipinski definition) is 4. The van der Waals surface area contributed by atoms with Crippen LogP contribution in [0.15, 0.2) is 35.1 Å². The van der Waals surface area contributed by atoms with Gasteiger partial charge in [-0.3, -0.25) is 4.79 Å². The van der Waals surface area contributed by atoms with Crippen LogP contribution in [-0.4, -0.2) is 22.7 Å². The molecule has 1 aromatic heterocycles. The zero-order valence-electron chi connectivity index (χ0n) is 14.1. The second-order valence-electron chi connectivity index (χ2n) is 5.93. The molecule has 6 nitrogen and oxygen atoms in total. The van der Waals surface area contributed by atoms with Gasteiger partial charge in [0.2, 0.25) is 0 Å². The Kier molecular flexibility index (Phi) is 5.76. The maximum atomic E-state index is 11.9. The Morgan fingerprint density at radius 1 is 1.17 bits per heavy atom. The number of urea groups is 1. The van der Waals surface area contributed by atoms with E-state index in [1.54, 1.807) is 0 Å². The van der Waals surface area contributed by atoms with E-state index in [2.05, 4.69) is 15.6 Å². The van der Waals surface area contributed by atoms with Crippen molar-refractivity contribution in [2.24, 2.45) is 0 Å². The molecule has 0 aliphatic carbocycles. The Bertz CT molecular complexity index is 766. The van der Waals surface area contributed by atoms with Gasteiger partial charge in [-0.15, -0.1) is 0 Å². The molecule has 4 N–H and O–H groups in total. The Labute approximate surface area is 140 Å². The predicted molar refractivity (Wildman–Crippen MR) is 92.9 cm³/mol. The Hall–Kier alpha value is -2.60. The van der Waals surface area contributed by atoms with Crippen LogP contribution in [0.4, 0.5) is 4.79 Å². The minimum Gasteiger partial charge on any atom is -0.387 e. The number of nitrogens with one attached hydrogen (secondary N) is 3. The zero-order chi connectivity index (χ0) is 17.7. The van der Waals surface area contributed by atoms with E-state index in [0.29, 0.717) is 5.56 Å². The van der Waals surface area contributed by atoms with E-state index in [1.807, 2.05) is 51.1 Å². The molecule has 128 valence electrons. The molecule has 6 heteroatoms. The van der Waals surface area contributed by atoms with Crippen molar-refractivity contribution in [2.75, 3.05) is 6.54 Å². The molecule has 0 aliphatic rings. The molecule has 0 aliphatic heterocycles. The highest BCUT2D eigenvalue weighted by Crippen LogP contribution is 2.12. The lowest BCUT2D eigenvalue weighted by Crippen LogP contribution is -2.38. The predicted octanol–water partition coefficient (Wildman–Crippen LogP) is 1.83. The third-order valence-corrected chi connectivity index (χ3v) is 3.84. The number of H-pyrrole nitrogens is 1. The van der Waals surface area contributed by atoms with Gasteiger partial charge in [0, 0.05) is 17.8 Å². The van der Waals surface area contributed by atoms with E-state index in [4.69, 9.17) is 0 Å². The third kappa shape index (κ3) is 4.70. The smallest absolute Gasteiger partial charge is 0.315 e. The van der Waals surface area contributed by atoms with Gasteiger partial charge in [-0.2, -0.15) is 0 Å². The average molecular weight is 329 g/mol. The lowest BCUT2D eigenvalue weighted by atomic mass is 10.1. The summed E-state index contributed by atoms with van der Waals surface area (Å²) in [5.74, 6) is 0. The molecular formula is C18H23N3O3. The molecule has 0 radical (unpaired) electrons. The van der Waals surface area contributed by atoms with E-state index >= 15 is 0 Å². The van der Waals surface area contributed by atoms with Crippen molar-refractivity contribution in [1.29, 1.82) is 0 Å². The molecule has 1 aromatic carbocycles. The SMILES string of the molecule is Cc1ccc(C(O)CNC(=O)NCc2c(C)cc(C)[nH]c2=O)cc1. The Morgan fingerprint density at radius 3 is 2.46 bits per heavy atom. The Morgan fingerprint density at radius 2 is 1.83 bits per heavy atom. The summed E-state index contributed by atoms with van der Waals surface area (Å²) in [5, 5.41) is 15.3. The number of benzene rings is 1. The van der Waals surface area contributed by atoms with Crippen molar-refractivity contribution in [1.82, 2.24) is 15.6 Å². The van der Waals surface area contributed by atoms with Gasteiger partial charge in [0.05, 0.1) is 12.6 Å². The summed E-state index contributed by atoms with van der Waals surface area (Å²) >= 11 is 0. The molecule has 0 saturated heterocycles. The van der Waals surface area contributed by atoms with Crippen molar-refractivity contribution in [3.63, 3.8) is 0 Å². The highest BCUT2D eigenvalue weighted by molar-refractivity contribution is 5.73. The molecule has 24 heavy (non-hydrogen) atoms. The summed E-state index contributed by atoms with van der Waals surface area (Å²) in [7, 11) is 0. The fourth-order valence-electron chi connectivity index (χ4n) is 2.43. The molecule has 1 heterocycles. The molecule has 2 aromatic rings. The lowest BCUT2D eigenvalue weighted by molar-refractivity contribution is 0.173. The summed E-state index contributed by atoms with van der Waals surface area (Å²) in [6.45, 7) is 5.84. The summed E-state index contributed by atoms with van der Waals surface area (Å²) < 4.78 is 0. The van der Waals surface area contributed by atoms with Gasteiger partial charge >= 0.3 is 6.03 Å². The number of aliphatic hydroxyl groups excluding tert-OH is 1. The van der Waals surface area contributed by atoms with Crippen LogP contribution in [-0.2, 0) is 6.54 Å². The number of pyridine rings is 1. The normalized spacial score (nSPS) is 11.8. The first-order valence-electron chi connectivity index (χ1n) is 7.82. The fourth-order valence-corrected chi connectivity index (χ4v) is 2.43. The van der Waals surface area contributed by atoms with Crippen LogP contribution < -0.4 is 16.2 Å². The molecule has 0 saturated carbocycles. The van der Waals surface area contributed by atoms with Crippen molar-refractivity contribution in [3.05, 3.63) is 68.6 Å². The molecule has 2 amide bonds. The minimum atomic E-state index is -0.777. The molecule has 1 atom stereocenters. The van der Waals surface area contributed by atoms with E-state index in [9.17, 15) is 14.7 Å². The largest absolute Gasteiger partial charge is 0.387 e. The van der Waals surface area contributed by atoms with Crippen LogP contribution in [0, 0.1) is 20.8 Å². The first-order valence-corrected chi connectivity index (χ1v) is 7.82. The summed E-state index contributed by atoms with van der Waals surface area (Å²) in [4.78, 5) is 26.4. The highest BCUT2D eigenvalue weighted by Gasteiger charge is 2.10. The van der Waals surface area contributed by atoms with Gasteiger partial charge in [-0.25, -0.2) is 4.79 Å². The van der Waals surface area contributed by atoms with Crippen LogP contribution in [0.3, 0.4) is 0 Å². The Balaban J connectivity index is 1.86. The second kappa shape index (κ2) is 7.79. The van der Waals surface area contributed by atoms with Gasteiger partial charge in [-0.05, 0) is 38.0 Å². The molecule has 0 spiro atoms. The number of carbonyl (C=O) groups excluding carboxylic acids is 1. The number of aliphatic hydroxyl groups is 1. The van der Waals surface area contributed by atoms with E-state index < -0.39 is 12.1 Å². The third-order valence-electron chi connectivity index (χ3n) is 3.84. The van der Waals surface area contributed by atoms with Crippen molar-refractivity contribution in [3.8, 4) is 0 Å². The monoisotopic (exact) mass is 329 g/mol. The quantitative estimate of drug-likeness (QED) is 0.674. The number of aromatic amines is 1. The maximum absolute atomic E-state index is 11.9. The van der Waals surface area contributed by atoms with Gasteiger partial charge < -0.3 is 20.7 Å². The first-order chi connectivity index (χ1) is 11.4. The molecule has 1 unspecified atom stereocenters. The number of hydrogen-bond acceptors (Lipinski definition) is 3. The number of rotatable bonds is 5. The van der Waals surface area contributed by atoms with E-state index in [1.165, 1.54) is 0 Å². The molecule has 0 fully saturated rings. The lowest BCUT2D eigenvalue weighted by Gasteiger charge is -2.13. The number of carbonyl (C=O) groups is 1. The molecule has 2 rings (SSSR count). The molecular weight excluding hydrogens is 306 g/mol. The van der Waals surface area contributed by atoms with Crippen molar-refractivity contribution < 1.29 is 9.90 Å². The number of aromatic nitrogens is 1. The standard InChI is InChI=1S/C18H23N3O3/c1-11-4-6-14(7-5-11)16(22)10-20-18(24)19-9-15-12(2)8-13(3)21-17(15)23/h4-8,16,22H,9-10H2,1-3H3,(H,21,23)(H2,19,20,24). The van der Waals surface area contributed by atoms with E-state index in [0.717, 1.165) is 22.4 Å². The van der Waals surface area contributed by atoms with Crippen LogP contribution in [0.1, 0.15) is 34.1 Å². The maximum Gasteiger partial charge on any atom is 0.315 e. The van der Waals surface area contributed by atoms with Crippen molar-refractivity contribution >= 4 is 6.03 Å². The number of aryl methyl sites for hydroxylation is 3. The second-order valence-corrected chi connectivity index (χ2v) is 5.93. The van der Waals surface area contributed by atoms with Crippen LogP contribution in [0.25, 0.3) is 0 Å². The topological polar surface area (TPSA) is 94.2 Å². The summed E-state index contributed by atoms with van der Waals surface area (Å²) in [6.07, 6.45) is -0.777.